The lowest BCUT2D eigenvalue weighted by Gasteiger charge is -2.36. The van der Waals surface area contributed by atoms with Gasteiger partial charge in [0.15, 0.2) is 0 Å². The van der Waals surface area contributed by atoms with Crippen LogP contribution in [-0.2, 0) is 4.79 Å². The Morgan fingerprint density at radius 1 is 1.06 bits per heavy atom. The Morgan fingerprint density at radius 3 is 2.39 bits per heavy atom. The molecule has 1 aliphatic rings. The Morgan fingerprint density at radius 2 is 1.76 bits per heavy atom. The molecule has 1 fully saturated rings. The summed E-state index contributed by atoms with van der Waals surface area (Å²) in [4.78, 5) is 40.7. The fourth-order valence-electron chi connectivity index (χ4n) is 4.07. The number of halogens is 1. The van der Waals surface area contributed by atoms with E-state index in [2.05, 4.69) is 10.6 Å². The van der Waals surface area contributed by atoms with Crippen molar-refractivity contribution in [2.75, 3.05) is 19.6 Å². The molecular weight excluding hydrogens is 438 g/mol. The second-order valence-electron chi connectivity index (χ2n) is 9.07. The van der Waals surface area contributed by atoms with E-state index in [1.807, 2.05) is 49.9 Å². The molecule has 3 amide bonds. The molecule has 0 unspecified atom stereocenters. The number of carbonyl (C=O) groups excluding carboxylic acids is 3. The van der Waals surface area contributed by atoms with Gasteiger partial charge in [0.2, 0.25) is 5.91 Å². The summed E-state index contributed by atoms with van der Waals surface area (Å²) < 4.78 is 0. The van der Waals surface area contributed by atoms with Crippen molar-refractivity contribution < 1.29 is 14.4 Å². The number of amides is 3. The van der Waals surface area contributed by atoms with Gasteiger partial charge in [0.25, 0.3) is 11.8 Å². The molecule has 2 N–H and O–H groups in total. The minimum Gasteiger partial charge on any atom is -0.354 e. The average molecular weight is 470 g/mol. The van der Waals surface area contributed by atoms with Crippen molar-refractivity contribution in [1.82, 2.24) is 15.5 Å². The molecule has 0 aromatic heterocycles. The zero-order valence-electron chi connectivity index (χ0n) is 19.4. The molecule has 0 radical (unpaired) electrons. The number of nitrogens with zero attached hydrogens (tertiary/aromatic N) is 1. The zero-order chi connectivity index (χ0) is 24.0. The first kappa shape index (κ1) is 24.8. The summed E-state index contributed by atoms with van der Waals surface area (Å²) in [6, 6.07) is 13.7. The molecule has 176 valence electrons. The van der Waals surface area contributed by atoms with Crippen LogP contribution >= 0.6 is 11.6 Å². The summed E-state index contributed by atoms with van der Waals surface area (Å²) in [6.07, 6.45) is 1.25. The van der Waals surface area contributed by atoms with E-state index in [0.29, 0.717) is 54.5 Å². The number of piperidine rings is 1. The fourth-order valence-corrected chi connectivity index (χ4v) is 4.29. The van der Waals surface area contributed by atoms with Gasteiger partial charge in [-0.3, -0.25) is 14.4 Å². The highest BCUT2D eigenvalue weighted by Gasteiger charge is 2.34. The molecule has 7 heteroatoms. The quantitative estimate of drug-likeness (QED) is 0.641. The minimum absolute atomic E-state index is 0.00179. The Kier molecular flexibility index (Phi) is 8.50. The number of nitrogens with one attached hydrogen (secondary N) is 2. The SMILES string of the molecule is Cc1cccc(C(=O)N2CCC([C@H](NC(=O)c3ccccc3Cl)C(=O)NCC(C)C)CC2)c1. The number of rotatable bonds is 7. The van der Waals surface area contributed by atoms with Gasteiger partial charge in [0.1, 0.15) is 6.04 Å². The molecule has 0 aliphatic carbocycles. The first-order valence-electron chi connectivity index (χ1n) is 11.4. The van der Waals surface area contributed by atoms with Crippen LogP contribution < -0.4 is 10.6 Å². The third-order valence-corrected chi connectivity index (χ3v) is 6.26. The topological polar surface area (TPSA) is 78.5 Å². The molecule has 33 heavy (non-hydrogen) atoms. The van der Waals surface area contributed by atoms with E-state index in [1.165, 1.54) is 0 Å². The lowest BCUT2D eigenvalue weighted by molar-refractivity contribution is -0.124. The van der Waals surface area contributed by atoms with E-state index in [0.717, 1.165) is 5.56 Å². The highest BCUT2D eigenvalue weighted by molar-refractivity contribution is 6.33. The number of likely N-dealkylation sites (tertiary alicyclic amines) is 1. The molecule has 2 aromatic rings. The first-order chi connectivity index (χ1) is 15.8. The van der Waals surface area contributed by atoms with Crippen LogP contribution in [0.2, 0.25) is 5.02 Å². The summed E-state index contributed by atoms with van der Waals surface area (Å²) in [5.74, 6) is -0.359. The fraction of sp³-hybridized carbons (Fsp3) is 0.423. The van der Waals surface area contributed by atoms with Gasteiger partial charge in [-0.25, -0.2) is 0 Å². The molecule has 1 heterocycles. The third-order valence-electron chi connectivity index (χ3n) is 5.94. The van der Waals surface area contributed by atoms with Gasteiger partial charge < -0.3 is 15.5 Å². The molecular formula is C26H32ClN3O3. The standard InChI is InChI=1S/C26H32ClN3O3/c1-17(2)16-28-25(32)23(29-24(31)21-9-4-5-10-22(21)27)19-11-13-30(14-12-19)26(33)20-8-6-7-18(3)15-20/h4-10,15,17,19,23H,11-14,16H2,1-3H3,(H,28,32)(H,29,31)/t23-/m0/s1. The van der Waals surface area contributed by atoms with Crippen LogP contribution in [0.15, 0.2) is 48.5 Å². The molecule has 1 aliphatic heterocycles. The molecule has 6 nitrogen and oxygen atoms in total. The molecule has 3 rings (SSSR count). The smallest absolute Gasteiger partial charge is 0.253 e. The van der Waals surface area contributed by atoms with Crippen LogP contribution in [-0.4, -0.2) is 48.3 Å². The Labute approximate surface area is 200 Å². The summed E-state index contributed by atoms with van der Waals surface area (Å²) in [7, 11) is 0. The van der Waals surface area contributed by atoms with Gasteiger partial charge in [0, 0.05) is 25.2 Å². The predicted octanol–water partition coefficient (Wildman–Crippen LogP) is 4.07. The van der Waals surface area contributed by atoms with Crippen molar-refractivity contribution in [3.63, 3.8) is 0 Å². The first-order valence-corrected chi connectivity index (χ1v) is 11.8. The number of hydrogen-bond acceptors (Lipinski definition) is 3. The van der Waals surface area contributed by atoms with E-state index < -0.39 is 6.04 Å². The largest absolute Gasteiger partial charge is 0.354 e. The predicted molar refractivity (Wildman–Crippen MR) is 130 cm³/mol. The van der Waals surface area contributed by atoms with E-state index in [9.17, 15) is 14.4 Å². The van der Waals surface area contributed by atoms with Crippen molar-refractivity contribution in [2.45, 2.75) is 39.7 Å². The number of carbonyl (C=O) groups is 3. The van der Waals surface area contributed by atoms with Crippen LogP contribution in [0.25, 0.3) is 0 Å². The van der Waals surface area contributed by atoms with E-state index in [-0.39, 0.29) is 23.6 Å². The maximum Gasteiger partial charge on any atom is 0.253 e. The average Bonchev–Trinajstić information content (AvgIpc) is 2.81. The normalized spacial score (nSPS) is 15.2. The van der Waals surface area contributed by atoms with E-state index >= 15 is 0 Å². The van der Waals surface area contributed by atoms with Crippen LogP contribution in [0.5, 0.6) is 0 Å². The maximum atomic E-state index is 13.0. The number of benzene rings is 2. The molecule has 0 spiro atoms. The van der Waals surface area contributed by atoms with Gasteiger partial charge >= 0.3 is 0 Å². The maximum absolute atomic E-state index is 13.0. The number of aryl methyl sites for hydroxylation is 1. The highest BCUT2D eigenvalue weighted by atomic mass is 35.5. The second kappa shape index (κ2) is 11.3. The number of hydrogen-bond donors (Lipinski definition) is 2. The lowest BCUT2D eigenvalue weighted by Crippen LogP contribution is -2.54. The van der Waals surface area contributed by atoms with Crippen molar-refractivity contribution >= 4 is 29.3 Å². The lowest BCUT2D eigenvalue weighted by atomic mass is 9.88. The second-order valence-corrected chi connectivity index (χ2v) is 9.48. The Balaban J connectivity index is 1.70. The summed E-state index contributed by atoms with van der Waals surface area (Å²) in [5.41, 5.74) is 2.06. The van der Waals surface area contributed by atoms with Crippen LogP contribution in [0.3, 0.4) is 0 Å². The van der Waals surface area contributed by atoms with Gasteiger partial charge in [-0.2, -0.15) is 0 Å². The van der Waals surface area contributed by atoms with E-state index in [1.54, 1.807) is 24.3 Å². The zero-order valence-corrected chi connectivity index (χ0v) is 20.2. The highest BCUT2D eigenvalue weighted by Crippen LogP contribution is 2.24. The summed E-state index contributed by atoms with van der Waals surface area (Å²) in [5, 5.41) is 6.20. The van der Waals surface area contributed by atoms with Crippen LogP contribution in [0.4, 0.5) is 0 Å². The van der Waals surface area contributed by atoms with Gasteiger partial charge in [-0.05, 0) is 55.9 Å². The Hall–Kier alpha value is -2.86. The van der Waals surface area contributed by atoms with Gasteiger partial charge in [0.05, 0.1) is 10.6 Å². The summed E-state index contributed by atoms with van der Waals surface area (Å²) in [6.45, 7) is 7.60. The minimum atomic E-state index is -0.691. The van der Waals surface area contributed by atoms with Crippen LogP contribution in [0.1, 0.15) is 53.0 Å². The Bertz CT molecular complexity index is 1000. The molecule has 0 bridgehead atoms. The van der Waals surface area contributed by atoms with Gasteiger partial charge in [-0.1, -0.05) is 55.3 Å². The summed E-state index contributed by atoms with van der Waals surface area (Å²) >= 11 is 6.19. The molecule has 0 saturated carbocycles. The van der Waals surface area contributed by atoms with Gasteiger partial charge in [-0.15, -0.1) is 0 Å². The van der Waals surface area contributed by atoms with Crippen LogP contribution in [0, 0.1) is 18.8 Å². The van der Waals surface area contributed by atoms with E-state index in [4.69, 9.17) is 11.6 Å². The van der Waals surface area contributed by atoms with Crippen molar-refractivity contribution in [2.24, 2.45) is 11.8 Å². The van der Waals surface area contributed by atoms with Crippen molar-refractivity contribution in [3.8, 4) is 0 Å². The van der Waals surface area contributed by atoms with Crippen molar-refractivity contribution in [1.29, 1.82) is 0 Å². The molecule has 1 atom stereocenters. The van der Waals surface area contributed by atoms with Crippen molar-refractivity contribution in [3.05, 3.63) is 70.2 Å². The monoisotopic (exact) mass is 469 g/mol. The third kappa shape index (κ3) is 6.57. The molecule has 2 aromatic carbocycles. The molecule has 1 saturated heterocycles.